The molecule has 0 saturated carbocycles. The third-order valence-electron chi connectivity index (χ3n) is 2.46. The minimum absolute atomic E-state index is 0.301. The quantitative estimate of drug-likeness (QED) is 0.917. The molecule has 1 aromatic carbocycles. The van der Waals surface area contributed by atoms with Gasteiger partial charge in [-0.25, -0.2) is 4.98 Å². The van der Waals surface area contributed by atoms with Crippen LogP contribution >= 0.6 is 11.3 Å². The lowest BCUT2D eigenvalue weighted by Gasteiger charge is -2.14. The number of rotatable bonds is 3. The number of nitrogens with zero attached hydrogens (tertiary/aromatic N) is 2. The molecule has 2 aromatic rings. The monoisotopic (exact) mass is 264 g/mol. The van der Waals surface area contributed by atoms with E-state index in [9.17, 15) is 9.59 Å². The topological polar surface area (TPSA) is 70.5 Å². The van der Waals surface area contributed by atoms with Gasteiger partial charge in [-0.15, -0.1) is 11.3 Å². The van der Waals surface area contributed by atoms with Gasteiger partial charge < -0.3 is 10.0 Å². The summed E-state index contributed by atoms with van der Waals surface area (Å²) in [4.78, 5) is 28.0. The molecule has 2 rings (SSSR count). The molecule has 0 radical (unpaired) electrons. The van der Waals surface area contributed by atoms with Gasteiger partial charge in [-0.05, 0) is 25.1 Å². The number of thiazole rings is 1. The van der Waals surface area contributed by atoms with Gasteiger partial charge in [0.15, 0.2) is 0 Å². The highest BCUT2D eigenvalue weighted by Crippen LogP contribution is 2.23. The Labute approximate surface area is 108 Å². The summed E-state index contributed by atoms with van der Waals surface area (Å²) in [6.07, 6.45) is 0. The van der Waals surface area contributed by atoms with Gasteiger partial charge in [-0.1, -0.05) is 0 Å². The number of carboxylic acid groups (broad SMARTS) is 1. The van der Waals surface area contributed by atoms with Crippen molar-refractivity contribution in [1.29, 1.82) is 0 Å². The number of likely N-dealkylation sites (N-methyl/N-ethyl adjacent to an activating group) is 1. The summed E-state index contributed by atoms with van der Waals surface area (Å²) in [6, 6.07) is 5.20. The van der Waals surface area contributed by atoms with Crippen molar-refractivity contribution in [3.63, 3.8) is 0 Å². The first-order chi connectivity index (χ1) is 8.47. The number of hydrogen-bond donors (Lipinski definition) is 1. The second-order valence-electron chi connectivity index (χ2n) is 3.97. The fourth-order valence-corrected chi connectivity index (χ4v) is 2.53. The minimum atomic E-state index is -1.03. The predicted octanol–water partition coefficient (Wildman–Crippen LogP) is 1.76. The first kappa shape index (κ1) is 12.5. The fourth-order valence-electron chi connectivity index (χ4n) is 1.67. The van der Waals surface area contributed by atoms with Crippen molar-refractivity contribution in [3.05, 3.63) is 28.8 Å². The van der Waals surface area contributed by atoms with Crippen molar-refractivity contribution in [1.82, 2.24) is 9.88 Å². The summed E-state index contributed by atoms with van der Waals surface area (Å²) < 4.78 is 0.932. The first-order valence-corrected chi connectivity index (χ1v) is 6.13. The van der Waals surface area contributed by atoms with Gasteiger partial charge >= 0.3 is 5.97 Å². The van der Waals surface area contributed by atoms with E-state index in [-0.39, 0.29) is 12.5 Å². The molecule has 1 N–H and O–H groups in total. The Kier molecular flexibility index (Phi) is 3.29. The number of benzene rings is 1. The van der Waals surface area contributed by atoms with Crippen molar-refractivity contribution in [2.75, 3.05) is 13.6 Å². The van der Waals surface area contributed by atoms with Gasteiger partial charge in [-0.3, -0.25) is 9.59 Å². The molecule has 6 heteroatoms. The molecule has 0 saturated heterocycles. The molecular formula is C12H12N2O3S. The Balaban J connectivity index is 2.30. The number of aromatic nitrogens is 1. The van der Waals surface area contributed by atoms with Crippen molar-refractivity contribution in [3.8, 4) is 0 Å². The third-order valence-corrected chi connectivity index (χ3v) is 3.40. The zero-order valence-corrected chi connectivity index (χ0v) is 10.8. The van der Waals surface area contributed by atoms with Crippen LogP contribution in [0.4, 0.5) is 0 Å². The molecule has 0 spiro atoms. The van der Waals surface area contributed by atoms with E-state index in [1.807, 2.05) is 6.92 Å². The van der Waals surface area contributed by atoms with E-state index in [4.69, 9.17) is 5.11 Å². The molecule has 0 atom stereocenters. The van der Waals surface area contributed by atoms with E-state index >= 15 is 0 Å². The molecule has 1 amide bonds. The highest BCUT2D eigenvalue weighted by molar-refractivity contribution is 7.18. The summed E-state index contributed by atoms with van der Waals surface area (Å²) in [6.45, 7) is 1.60. The second kappa shape index (κ2) is 4.73. The van der Waals surface area contributed by atoms with Crippen LogP contribution in [0.3, 0.4) is 0 Å². The van der Waals surface area contributed by atoms with E-state index in [0.717, 1.165) is 15.2 Å². The van der Waals surface area contributed by atoms with Crippen LogP contribution in [-0.2, 0) is 4.79 Å². The molecule has 0 bridgehead atoms. The molecule has 1 aromatic heterocycles. The minimum Gasteiger partial charge on any atom is -0.480 e. The van der Waals surface area contributed by atoms with Crippen LogP contribution in [0.15, 0.2) is 18.2 Å². The van der Waals surface area contributed by atoms with E-state index in [2.05, 4.69) is 4.98 Å². The smallest absolute Gasteiger partial charge is 0.323 e. The lowest BCUT2D eigenvalue weighted by molar-refractivity contribution is -0.137. The summed E-state index contributed by atoms with van der Waals surface area (Å²) >= 11 is 1.51. The average molecular weight is 264 g/mol. The number of aliphatic carboxylic acids is 1. The molecular weight excluding hydrogens is 252 g/mol. The molecule has 18 heavy (non-hydrogen) atoms. The Morgan fingerprint density at radius 2 is 2.17 bits per heavy atom. The lowest BCUT2D eigenvalue weighted by atomic mass is 10.2. The normalized spacial score (nSPS) is 10.6. The van der Waals surface area contributed by atoms with Crippen molar-refractivity contribution in [2.45, 2.75) is 6.92 Å². The van der Waals surface area contributed by atoms with Crippen LogP contribution in [0.2, 0.25) is 0 Å². The van der Waals surface area contributed by atoms with Gasteiger partial charge in [0.05, 0.1) is 15.2 Å². The predicted molar refractivity (Wildman–Crippen MR) is 69.0 cm³/mol. The molecule has 0 aliphatic heterocycles. The van der Waals surface area contributed by atoms with Crippen molar-refractivity contribution < 1.29 is 14.7 Å². The lowest BCUT2D eigenvalue weighted by Crippen LogP contribution is -2.31. The number of fused-ring (bicyclic) bond motifs is 1. The molecule has 0 fully saturated rings. The zero-order valence-electron chi connectivity index (χ0n) is 10.0. The maximum Gasteiger partial charge on any atom is 0.323 e. The van der Waals surface area contributed by atoms with Gasteiger partial charge in [0.2, 0.25) is 0 Å². The average Bonchev–Trinajstić information content (AvgIpc) is 2.65. The number of carbonyl (C=O) groups excluding carboxylic acids is 1. The fraction of sp³-hybridized carbons (Fsp3) is 0.250. The first-order valence-electron chi connectivity index (χ1n) is 5.32. The van der Waals surface area contributed by atoms with E-state index < -0.39 is 5.97 Å². The Hall–Kier alpha value is -1.95. The van der Waals surface area contributed by atoms with E-state index in [0.29, 0.717) is 5.56 Å². The van der Waals surface area contributed by atoms with Crippen molar-refractivity contribution >= 4 is 33.4 Å². The highest BCUT2D eigenvalue weighted by Gasteiger charge is 2.15. The van der Waals surface area contributed by atoms with Gasteiger partial charge in [0, 0.05) is 12.6 Å². The standard InChI is InChI=1S/C12H12N2O3S/c1-7-13-9-4-3-8(5-10(9)18-7)12(17)14(2)6-11(15)16/h3-5H,6H2,1-2H3,(H,15,16). The van der Waals surface area contributed by atoms with Crippen molar-refractivity contribution in [2.24, 2.45) is 0 Å². The van der Waals surface area contributed by atoms with Crippen LogP contribution in [0.1, 0.15) is 15.4 Å². The maximum absolute atomic E-state index is 12.0. The molecule has 0 aliphatic rings. The SMILES string of the molecule is Cc1nc2ccc(C(=O)N(C)CC(=O)O)cc2s1. The van der Waals surface area contributed by atoms with Crippen LogP contribution in [0, 0.1) is 6.92 Å². The maximum atomic E-state index is 12.0. The van der Waals surface area contributed by atoms with Gasteiger partial charge in [-0.2, -0.15) is 0 Å². The number of aryl methyl sites for hydroxylation is 1. The van der Waals surface area contributed by atoms with Crippen LogP contribution in [0.5, 0.6) is 0 Å². The number of hydrogen-bond acceptors (Lipinski definition) is 4. The molecule has 5 nitrogen and oxygen atoms in total. The number of carboxylic acids is 1. The van der Waals surface area contributed by atoms with Crippen LogP contribution in [-0.4, -0.2) is 40.5 Å². The number of carbonyl (C=O) groups is 2. The van der Waals surface area contributed by atoms with E-state index in [1.165, 1.54) is 23.3 Å². The Morgan fingerprint density at radius 3 is 2.83 bits per heavy atom. The summed E-state index contributed by atoms with van der Waals surface area (Å²) in [5, 5.41) is 9.59. The second-order valence-corrected chi connectivity index (χ2v) is 5.21. The molecule has 94 valence electrons. The van der Waals surface area contributed by atoms with Gasteiger partial charge in [0.25, 0.3) is 5.91 Å². The molecule has 0 aliphatic carbocycles. The summed E-state index contributed by atoms with van der Waals surface area (Å²) in [7, 11) is 1.47. The highest BCUT2D eigenvalue weighted by atomic mass is 32.1. The third kappa shape index (κ3) is 2.48. The molecule has 1 heterocycles. The Morgan fingerprint density at radius 1 is 1.44 bits per heavy atom. The summed E-state index contributed by atoms with van der Waals surface area (Å²) in [5.41, 5.74) is 1.34. The zero-order chi connectivity index (χ0) is 13.3. The Bertz CT molecular complexity index is 621. The van der Waals surface area contributed by atoms with Gasteiger partial charge in [0.1, 0.15) is 6.54 Å². The molecule has 0 unspecified atom stereocenters. The summed E-state index contributed by atoms with van der Waals surface area (Å²) in [5.74, 6) is -1.33. The largest absolute Gasteiger partial charge is 0.480 e. The number of amides is 1. The van der Waals surface area contributed by atoms with E-state index in [1.54, 1.807) is 18.2 Å². The van der Waals surface area contributed by atoms with Crippen LogP contribution in [0.25, 0.3) is 10.2 Å². The van der Waals surface area contributed by atoms with Crippen LogP contribution < -0.4 is 0 Å².